The molecule has 0 saturated heterocycles. The van der Waals surface area contributed by atoms with Crippen LogP contribution >= 0.6 is 0 Å². The molecule has 2 aromatic carbocycles. The first-order valence-electron chi connectivity index (χ1n) is 6.04. The van der Waals surface area contributed by atoms with E-state index in [1.165, 1.54) is 0 Å². The normalized spacial score (nSPS) is 9.18. The molecule has 0 aliphatic heterocycles. The van der Waals surface area contributed by atoms with Crippen LogP contribution in [0.15, 0.2) is 41.0 Å². The van der Waals surface area contributed by atoms with Gasteiger partial charge < -0.3 is 0 Å². The van der Waals surface area contributed by atoms with E-state index in [9.17, 15) is 0 Å². The van der Waals surface area contributed by atoms with Gasteiger partial charge in [-0.25, -0.2) is 4.63 Å². The van der Waals surface area contributed by atoms with Crippen LogP contribution in [0.3, 0.4) is 0 Å². The van der Waals surface area contributed by atoms with Gasteiger partial charge >= 0.3 is 0 Å². The molecule has 1 heterocycles. The molecule has 3 nitrogen and oxygen atoms in total. The average molecular weight is 230 g/mol. The summed E-state index contributed by atoms with van der Waals surface area (Å²) in [6, 6.07) is 12.0. The molecular weight excluding hydrogens is 212 g/mol. The molecule has 0 bridgehead atoms. The first kappa shape index (κ1) is 13.2. The Morgan fingerprint density at radius 3 is 1.59 bits per heavy atom. The van der Waals surface area contributed by atoms with Gasteiger partial charge in [0.15, 0.2) is 0 Å². The van der Waals surface area contributed by atoms with Gasteiger partial charge in [0, 0.05) is 0 Å². The number of fused-ring (bicyclic) bond motifs is 2. The summed E-state index contributed by atoms with van der Waals surface area (Å²) in [5.41, 5.74) is 1.61. The SMILES string of the molecule is CC.CC.c1ccc2cc3nonc3cc2c1. The standard InChI is InChI=1S/C10H6N2O.2C2H6/c1-2-4-8-6-10-9(11-13-12-10)5-7(8)3-1;2*1-2/h1-6H;2*1-2H3. The lowest BCUT2D eigenvalue weighted by Gasteiger charge is -1.93. The Morgan fingerprint density at radius 1 is 0.765 bits per heavy atom. The summed E-state index contributed by atoms with van der Waals surface area (Å²) in [6.45, 7) is 8.00. The minimum absolute atomic E-state index is 0.804. The van der Waals surface area contributed by atoms with E-state index in [2.05, 4.69) is 14.9 Å². The third-order valence-corrected chi connectivity index (χ3v) is 2.12. The highest BCUT2D eigenvalue weighted by atomic mass is 16.6. The van der Waals surface area contributed by atoms with Crippen LogP contribution in [0.1, 0.15) is 27.7 Å². The van der Waals surface area contributed by atoms with E-state index in [-0.39, 0.29) is 0 Å². The Kier molecular flexibility index (Phi) is 5.14. The zero-order valence-electron chi connectivity index (χ0n) is 10.8. The van der Waals surface area contributed by atoms with E-state index in [1.807, 2.05) is 64.1 Å². The monoisotopic (exact) mass is 230 g/mol. The van der Waals surface area contributed by atoms with Crippen molar-refractivity contribution in [1.29, 1.82) is 0 Å². The van der Waals surface area contributed by atoms with Gasteiger partial charge in [-0.15, -0.1) is 0 Å². The predicted molar refractivity (Wildman–Crippen MR) is 72.0 cm³/mol. The lowest BCUT2D eigenvalue weighted by molar-refractivity contribution is 0.315. The Labute approximate surface area is 101 Å². The molecule has 0 aliphatic carbocycles. The fraction of sp³-hybridized carbons (Fsp3) is 0.286. The van der Waals surface area contributed by atoms with E-state index in [0.29, 0.717) is 0 Å². The molecule has 0 N–H and O–H groups in total. The van der Waals surface area contributed by atoms with Gasteiger partial charge in [-0.3, -0.25) is 0 Å². The second kappa shape index (κ2) is 6.63. The maximum atomic E-state index is 4.64. The maximum Gasteiger partial charge on any atom is 0.135 e. The molecule has 0 aliphatic rings. The summed E-state index contributed by atoms with van der Waals surface area (Å²) in [4.78, 5) is 0. The van der Waals surface area contributed by atoms with E-state index >= 15 is 0 Å². The molecule has 17 heavy (non-hydrogen) atoms. The molecule has 0 spiro atoms. The molecule has 0 radical (unpaired) electrons. The average Bonchev–Trinajstić information content (AvgIpc) is 2.88. The smallest absolute Gasteiger partial charge is 0.135 e. The Hall–Kier alpha value is -1.90. The third kappa shape index (κ3) is 2.81. The van der Waals surface area contributed by atoms with Crippen LogP contribution in [0, 0.1) is 0 Å². The highest BCUT2D eigenvalue weighted by Crippen LogP contribution is 2.19. The van der Waals surface area contributed by atoms with Gasteiger partial charge in [0.1, 0.15) is 11.0 Å². The highest BCUT2D eigenvalue weighted by molar-refractivity contribution is 5.94. The Balaban J connectivity index is 0.000000330. The van der Waals surface area contributed by atoms with E-state index < -0.39 is 0 Å². The predicted octanol–water partition coefficient (Wildman–Crippen LogP) is 4.43. The van der Waals surface area contributed by atoms with Gasteiger partial charge in [0.25, 0.3) is 0 Å². The molecule has 0 saturated carbocycles. The fourth-order valence-electron chi connectivity index (χ4n) is 1.47. The van der Waals surface area contributed by atoms with Crippen molar-refractivity contribution in [3.63, 3.8) is 0 Å². The first-order valence-corrected chi connectivity index (χ1v) is 6.04. The van der Waals surface area contributed by atoms with Crippen molar-refractivity contribution in [3.8, 4) is 0 Å². The van der Waals surface area contributed by atoms with Crippen LogP contribution in [0.2, 0.25) is 0 Å². The van der Waals surface area contributed by atoms with Gasteiger partial charge in [0.2, 0.25) is 0 Å². The summed E-state index contributed by atoms with van der Waals surface area (Å²) in [5.74, 6) is 0. The van der Waals surface area contributed by atoms with Crippen molar-refractivity contribution < 1.29 is 4.63 Å². The van der Waals surface area contributed by atoms with Crippen molar-refractivity contribution >= 4 is 21.8 Å². The quantitative estimate of drug-likeness (QED) is 0.573. The Bertz CT molecular complexity index is 523. The van der Waals surface area contributed by atoms with Gasteiger partial charge in [-0.05, 0) is 33.2 Å². The summed E-state index contributed by atoms with van der Waals surface area (Å²) < 4.78 is 4.64. The van der Waals surface area contributed by atoms with Crippen molar-refractivity contribution in [2.75, 3.05) is 0 Å². The summed E-state index contributed by atoms with van der Waals surface area (Å²) in [5, 5.41) is 9.88. The van der Waals surface area contributed by atoms with Crippen LogP contribution in [0.4, 0.5) is 0 Å². The third-order valence-electron chi connectivity index (χ3n) is 2.12. The summed E-state index contributed by atoms with van der Waals surface area (Å²) >= 11 is 0. The van der Waals surface area contributed by atoms with Gasteiger partial charge in [-0.1, -0.05) is 52.0 Å². The number of rotatable bonds is 0. The van der Waals surface area contributed by atoms with Crippen LogP contribution < -0.4 is 0 Å². The van der Waals surface area contributed by atoms with Crippen molar-refractivity contribution in [2.24, 2.45) is 0 Å². The molecule has 1 aromatic heterocycles. The van der Waals surface area contributed by atoms with Crippen molar-refractivity contribution in [1.82, 2.24) is 10.3 Å². The second-order valence-corrected chi connectivity index (χ2v) is 2.95. The molecule has 3 heteroatoms. The molecule has 0 fully saturated rings. The number of benzene rings is 2. The molecule has 90 valence electrons. The molecule has 3 rings (SSSR count). The zero-order valence-corrected chi connectivity index (χ0v) is 10.8. The molecule has 3 aromatic rings. The lowest BCUT2D eigenvalue weighted by Crippen LogP contribution is -1.73. The van der Waals surface area contributed by atoms with Gasteiger partial charge in [-0.2, -0.15) is 0 Å². The summed E-state index contributed by atoms with van der Waals surface area (Å²) in [6.07, 6.45) is 0. The fourth-order valence-corrected chi connectivity index (χ4v) is 1.47. The first-order chi connectivity index (χ1) is 8.43. The van der Waals surface area contributed by atoms with E-state index in [4.69, 9.17) is 0 Å². The van der Waals surface area contributed by atoms with Crippen molar-refractivity contribution in [3.05, 3.63) is 36.4 Å². The topological polar surface area (TPSA) is 38.9 Å². The van der Waals surface area contributed by atoms with Crippen LogP contribution in [-0.4, -0.2) is 10.3 Å². The van der Waals surface area contributed by atoms with Crippen LogP contribution in [-0.2, 0) is 0 Å². The van der Waals surface area contributed by atoms with E-state index in [0.717, 1.165) is 21.8 Å². The van der Waals surface area contributed by atoms with Gasteiger partial charge in [0.05, 0.1) is 0 Å². The minimum atomic E-state index is 0.804. The van der Waals surface area contributed by atoms with E-state index in [1.54, 1.807) is 0 Å². The number of aromatic nitrogens is 2. The Morgan fingerprint density at radius 2 is 1.18 bits per heavy atom. The maximum absolute atomic E-state index is 4.64. The summed E-state index contributed by atoms with van der Waals surface area (Å²) in [7, 11) is 0. The minimum Gasteiger partial charge on any atom is -0.243 e. The molecule has 0 unspecified atom stereocenters. The second-order valence-electron chi connectivity index (χ2n) is 2.95. The lowest BCUT2D eigenvalue weighted by atomic mass is 10.1. The number of hydrogen-bond acceptors (Lipinski definition) is 3. The molecular formula is C14H18N2O. The number of hydrogen-bond donors (Lipinski definition) is 0. The van der Waals surface area contributed by atoms with Crippen LogP contribution in [0.25, 0.3) is 21.8 Å². The zero-order chi connectivity index (χ0) is 12.7. The van der Waals surface area contributed by atoms with Crippen LogP contribution in [0.5, 0.6) is 0 Å². The number of nitrogens with zero attached hydrogens (tertiary/aromatic N) is 2. The highest BCUT2D eigenvalue weighted by Gasteiger charge is 2.00. The molecule has 0 amide bonds. The largest absolute Gasteiger partial charge is 0.243 e. The van der Waals surface area contributed by atoms with Crippen molar-refractivity contribution in [2.45, 2.75) is 27.7 Å². The molecule has 0 atom stereocenters.